The number of esters is 4. The first kappa shape index (κ1) is 10.4. The second-order valence-corrected chi connectivity index (χ2v) is 3.78. The van der Waals surface area contributed by atoms with Crippen LogP contribution >= 0.6 is 0 Å². The fourth-order valence-electron chi connectivity index (χ4n) is 1.89. The van der Waals surface area contributed by atoms with Gasteiger partial charge in [-0.25, -0.2) is 19.2 Å². The van der Waals surface area contributed by atoms with Crippen LogP contribution in [0.15, 0.2) is 46.6 Å². The molecule has 0 N–H and O–H groups in total. The Hall–Kier alpha value is -2.76. The van der Waals surface area contributed by atoms with E-state index in [0.717, 1.165) is 0 Å². The van der Waals surface area contributed by atoms with Crippen molar-refractivity contribution in [3.63, 3.8) is 0 Å². The Morgan fingerprint density at radius 1 is 0.833 bits per heavy atom. The summed E-state index contributed by atoms with van der Waals surface area (Å²) in [7, 11) is 0. The molecule has 0 spiro atoms. The van der Waals surface area contributed by atoms with E-state index in [0.29, 0.717) is 0 Å². The molecule has 0 aromatic rings. The van der Waals surface area contributed by atoms with Gasteiger partial charge in [0.05, 0.1) is 22.3 Å². The summed E-state index contributed by atoms with van der Waals surface area (Å²) in [5.74, 6) is -3.71. The Bertz CT molecular complexity index is 671. The molecule has 0 aromatic heterocycles. The van der Waals surface area contributed by atoms with Crippen LogP contribution in [0.25, 0.3) is 0 Å². The quantitative estimate of drug-likeness (QED) is 0.436. The molecule has 0 saturated carbocycles. The van der Waals surface area contributed by atoms with Gasteiger partial charge in [0.2, 0.25) is 0 Å². The van der Waals surface area contributed by atoms with Gasteiger partial charge in [-0.15, -0.1) is 0 Å². The third-order valence-corrected chi connectivity index (χ3v) is 2.75. The molecule has 0 atom stereocenters. The minimum Gasteiger partial charge on any atom is -0.386 e. The Morgan fingerprint density at radius 3 is 2.22 bits per heavy atom. The lowest BCUT2D eigenvalue weighted by Gasteiger charge is -2.18. The highest BCUT2D eigenvalue weighted by atomic mass is 16.6. The van der Waals surface area contributed by atoms with Gasteiger partial charge in [0.15, 0.2) is 0 Å². The van der Waals surface area contributed by atoms with Crippen LogP contribution in [0.2, 0.25) is 0 Å². The van der Waals surface area contributed by atoms with Crippen LogP contribution in [0.5, 0.6) is 0 Å². The van der Waals surface area contributed by atoms with Crippen LogP contribution in [0.1, 0.15) is 0 Å². The van der Waals surface area contributed by atoms with Crippen molar-refractivity contribution in [1.82, 2.24) is 0 Å². The molecule has 0 unspecified atom stereocenters. The zero-order chi connectivity index (χ0) is 13.0. The predicted octanol–water partition coefficient (Wildman–Crippen LogP) is -0.128. The molecule has 0 radical (unpaired) electrons. The molecule has 3 aliphatic rings. The maximum absolute atomic E-state index is 11.6. The number of fused-ring (bicyclic) bond motifs is 3. The number of rotatable bonds is 0. The lowest BCUT2D eigenvalue weighted by molar-refractivity contribution is -0.157. The summed E-state index contributed by atoms with van der Waals surface area (Å²) in [6, 6.07) is 0. The summed E-state index contributed by atoms with van der Waals surface area (Å²) >= 11 is 0. The Morgan fingerprint density at radius 2 is 1.50 bits per heavy atom. The number of carbonyl (C=O) groups excluding carboxylic acids is 4. The molecule has 1 aliphatic carbocycles. The van der Waals surface area contributed by atoms with Crippen LogP contribution in [-0.2, 0) is 28.7 Å². The van der Waals surface area contributed by atoms with E-state index in [4.69, 9.17) is 0 Å². The number of hydrogen-bond acceptors (Lipinski definition) is 6. The van der Waals surface area contributed by atoms with E-state index in [1.165, 1.54) is 12.2 Å². The second kappa shape index (κ2) is 3.13. The maximum Gasteiger partial charge on any atom is 0.347 e. The Balaban J connectivity index is 2.38. The zero-order valence-electron chi connectivity index (χ0n) is 8.81. The summed E-state index contributed by atoms with van der Waals surface area (Å²) < 4.78 is 8.94. The number of hydrogen-bond donors (Lipinski definition) is 0. The average Bonchev–Trinajstić information content (AvgIpc) is 2.38. The van der Waals surface area contributed by atoms with E-state index in [1.807, 2.05) is 0 Å². The Labute approximate surface area is 99.9 Å². The predicted molar refractivity (Wildman–Crippen MR) is 54.5 cm³/mol. The molecule has 6 heteroatoms. The minimum absolute atomic E-state index is 0.00222. The van der Waals surface area contributed by atoms with E-state index in [9.17, 15) is 19.2 Å². The van der Waals surface area contributed by atoms with Crippen molar-refractivity contribution in [2.45, 2.75) is 0 Å². The first-order chi connectivity index (χ1) is 8.49. The van der Waals surface area contributed by atoms with Gasteiger partial charge in [0.1, 0.15) is 0 Å². The van der Waals surface area contributed by atoms with Crippen molar-refractivity contribution in [3.8, 4) is 0 Å². The van der Waals surface area contributed by atoms with Gasteiger partial charge < -0.3 is 9.47 Å². The first-order valence-corrected chi connectivity index (χ1v) is 4.89. The molecule has 1 saturated heterocycles. The van der Waals surface area contributed by atoms with Gasteiger partial charge >= 0.3 is 23.9 Å². The molecule has 0 amide bonds. The molecule has 3 rings (SSSR count). The number of carbonyl (C=O) groups is 4. The Kier molecular flexibility index (Phi) is 1.81. The largest absolute Gasteiger partial charge is 0.386 e. The summed E-state index contributed by atoms with van der Waals surface area (Å²) in [4.78, 5) is 46.0. The highest BCUT2D eigenvalue weighted by molar-refractivity contribution is 6.21. The second-order valence-electron chi connectivity index (χ2n) is 3.78. The van der Waals surface area contributed by atoms with E-state index >= 15 is 0 Å². The van der Waals surface area contributed by atoms with Crippen molar-refractivity contribution in [2.24, 2.45) is 0 Å². The first-order valence-electron chi connectivity index (χ1n) is 4.89. The SMILES string of the molecule is C=C1C2=CC3=CC(=C1C(=O)OC2=O)C(=O)OC3=O. The molecular formula is C12H4O6. The molecule has 4 bridgehead atoms. The van der Waals surface area contributed by atoms with Crippen molar-refractivity contribution in [2.75, 3.05) is 0 Å². The van der Waals surface area contributed by atoms with Gasteiger partial charge in [-0.05, 0) is 17.7 Å². The third kappa shape index (κ3) is 1.17. The van der Waals surface area contributed by atoms with E-state index in [2.05, 4.69) is 16.1 Å². The smallest absolute Gasteiger partial charge is 0.347 e. The van der Waals surface area contributed by atoms with Crippen LogP contribution in [0.3, 0.4) is 0 Å². The van der Waals surface area contributed by atoms with E-state index < -0.39 is 23.9 Å². The summed E-state index contributed by atoms with van der Waals surface area (Å²) in [6.07, 6.45) is 2.39. The number of cyclic esters (lactones) is 4. The average molecular weight is 244 g/mol. The van der Waals surface area contributed by atoms with Crippen molar-refractivity contribution >= 4 is 23.9 Å². The molecule has 6 nitrogen and oxygen atoms in total. The van der Waals surface area contributed by atoms with Gasteiger partial charge in [-0.2, -0.15) is 0 Å². The molecule has 2 aliphatic heterocycles. The summed E-state index contributed by atoms with van der Waals surface area (Å²) in [5.41, 5.74) is -0.240. The van der Waals surface area contributed by atoms with Crippen LogP contribution < -0.4 is 0 Å². The summed E-state index contributed by atoms with van der Waals surface area (Å²) in [5, 5.41) is 0. The van der Waals surface area contributed by atoms with Crippen molar-refractivity contribution < 1.29 is 28.7 Å². The lowest BCUT2D eigenvalue weighted by atomic mass is 9.94. The zero-order valence-corrected chi connectivity index (χ0v) is 8.81. The topological polar surface area (TPSA) is 86.7 Å². The van der Waals surface area contributed by atoms with Gasteiger partial charge in [0, 0.05) is 0 Å². The highest BCUT2D eigenvalue weighted by Crippen LogP contribution is 2.35. The standard InChI is InChI=1S/C12H4O6/c1-4-6-2-5-3-7(11(15)17-9(5)13)8(4)12(16)18-10(6)14/h2-3H,1H2. The van der Waals surface area contributed by atoms with Gasteiger partial charge in [0.25, 0.3) is 0 Å². The molecule has 2 heterocycles. The molecule has 18 heavy (non-hydrogen) atoms. The summed E-state index contributed by atoms with van der Waals surface area (Å²) in [6.45, 7) is 3.58. The van der Waals surface area contributed by atoms with Crippen LogP contribution in [-0.4, -0.2) is 23.9 Å². The molecule has 0 aromatic carbocycles. The lowest BCUT2D eigenvalue weighted by Crippen LogP contribution is -2.27. The van der Waals surface area contributed by atoms with Crippen LogP contribution in [0.4, 0.5) is 0 Å². The van der Waals surface area contributed by atoms with Crippen LogP contribution in [0, 0.1) is 0 Å². The molecule has 88 valence electrons. The van der Waals surface area contributed by atoms with Gasteiger partial charge in [-0.1, -0.05) is 6.58 Å². The fraction of sp³-hybridized carbons (Fsp3) is 0. The highest BCUT2D eigenvalue weighted by Gasteiger charge is 2.40. The molecule has 1 fully saturated rings. The number of ether oxygens (including phenoxy) is 2. The fourth-order valence-corrected chi connectivity index (χ4v) is 1.89. The van der Waals surface area contributed by atoms with Crippen molar-refractivity contribution in [1.29, 1.82) is 0 Å². The van der Waals surface area contributed by atoms with E-state index in [1.54, 1.807) is 0 Å². The minimum atomic E-state index is -0.971. The molecular weight excluding hydrogens is 240 g/mol. The monoisotopic (exact) mass is 244 g/mol. The van der Waals surface area contributed by atoms with Gasteiger partial charge in [-0.3, -0.25) is 0 Å². The normalized spacial score (nSPS) is 22.1. The van der Waals surface area contributed by atoms with Crippen molar-refractivity contribution in [3.05, 3.63) is 46.6 Å². The third-order valence-electron chi connectivity index (χ3n) is 2.75. The van der Waals surface area contributed by atoms with E-state index in [-0.39, 0.29) is 27.9 Å². The maximum atomic E-state index is 11.6.